The highest BCUT2D eigenvalue weighted by atomic mass is 32.2. The number of ether oxygens (including phenoxy) is 1. The van der Waals surface area contributed by atoms with Gasteiger partial charge in [-0.25, -0.2) is 0 Å². The van der Waals surface area contributed by atoms with Crippen LogP contribution >= 0.6 is 11.8 Å². The van der Waals surface area contributed by atoms with E-state index in [2.05, 4.69) is 6.92 Å². The Morgan fingerprint density at radius 2 is 1.94 bits per heavy atom. The maximum atomic E-state index is 12.5. The van der Waals surface area contributed by atoms with Crippen LogP contribution in [0, 0.1) is 17.8 Å². The Bertz CT molecular complexity index is 277. The van der Waals surface area contributed by atoms with Crippen LogP contribution in [0.3, 0.4) is 0 Å². The van der Waals surface area contributed by atoms with Crippen molar-refractivity contribution < 1.29 is 9.53 Å². The van der Waals surface area contributed by atoms with Gasteiger partial charge in [0.2, 0.25) is 5.44 Å². The highest BCUT2D eigenvalue weighted by Gasteiger charge is 2.39. The van der Waals surface area contributed by atoms with Crippen molar-refractivity contribution in [2.75, 3.05) is 0 Å². The summed E-state index contributed by atoms with van der Waals surface area (Å²) in [7, 11) is 0. The molecule has 0 N–H and O–H groups in total. The highest BCUT2D eigenvalue weighted by Crippen LogP contribution is 2.43. The van der Waals surface area contributed by atoms with E-state index in [0.717, 1.165) is 12.8 Å². The molecule has 3 fully saturated rings. The van der Waals surface area contributed by atoms with Gasteiger partial charge in [0.25, 0.3) is 0 Å². The van der Waals surface area contributed by atoms with Crippen molar-refractivity contribution in [1.29, 1.82) is 0 Å². The number of fused-ring (bicyclic) bond motifs is 6. The van der Waals surface area contributed by atoms with Gasteiger partial charge in [0, 0.05) is 10.7 Å². The fourth-order valence-electron chi connectivity index (χ4n) is 2.50. The van der Waals surface area contributed by atoms with Gasteiger partial charge < -0.3 is 4.74 Å². The molecule has 0 spiro atoms. The third kappa shape index (κ3) is 3.30. The van der Waals surface area contributed by atoms with Crippen LogP contribution in [0.4, 0.5) is 0 Å². The maximum absolute atomic E-state index is 12.5. The number of hydrogen-bond donors (Lipinski definition) is 0. The van der Waals surface area contributed by atoms with Gasteiger partial charge in [-0.3, -0.25) is 4.79 Å². The summed E-state index contributed by atoms with van der Waals surface area (Å²) in [5, 5.41) is 0.575. The molecule has 2 saturated heterocycles. The Hall–Kier alpha value is -0.0200. The predicted octanol–water partition coefficient (Wildman–Crippen LogP) is 4.15. The molecular formula is C15H24O2S. The molecule has 0 amide bonds. The van der Waals surface area contributed by atoms with Gasteiger partial charge in [-0.1, -0.05) is 20.8 Å². The van der Waals surface area contributed by atoms with Crippen LogP contribution < -0.4 is 0 Å². The zero-order valence-corrected chi connectivity index (χ0v) is 12.4. The first-order valence-electron chi connectivity index (χ1n) is 7.07. The van der Waals surface area contributed by atoms with Crippen molar-refractivity contribution in [2.45, 2.75) is 70.1 Å². The lowest BCUT2D eigenvalue weighted by Gasteiger charge is -2.35. The molecular weight excluding hydrogens is 244 g/mol. The smallest absolute Gasteiger partial charge is 0.219 e. The molecule has 0 atom stereocenters. The van der Waals surface area contributed by atoms with E-state index in [-0.39, 0.29) is 11.9 Å². The summed E-state index contributed by atoms with van der Waals surface area (Å²) in [5.41, 5.74) is 0.272. The first kappa shape index (κ1) is 14.4. The summed E-state index contributed by atoms with van der Waals surface area (Å²) in [6.07, 6.45) is 8.04. The molecule has 102 valence electrons. The minimum Gasteiger partial charge on any atom is -0.350 e. The van der Waals surface area contributed by atoms with Crippen LogP contribution in [0.15, 0.2) is 0 Å². The Balaban J connectivity index is 2.10. The van der Waals surface area contributed by atoms with Crippen molar-refractivity contribution in [2.24, 2.45) is 5.41 Å². The molecule has 2 radical (unpaired) electrons. The number of thioether (sulfide) groups is 1. The fourth-order valence-corrected chi connectivity index (χ4v) is 3.94. The van der Waals surface area contributed by atoms with Crippen LogP contribution in [0.5, 0.6) is 0 Å². The molecule has 2 nitrogen and oxygen atoms in total. The van der Waals surface area contributed by atoms with E-state index in [1.54, 1.807) is 11.8 Å². The second kappa shape index (κ2) is 5.96. The number of hydrogen-bond acceptors (Lipinski definition) is 3. The van der Waals surface area contributed by atoms with E-state index < -0.39 is 5.41 Å². The zero-order chi connectivity index (χ0) is 13.2. The zero-order valence-electron chi connectivity index (χ0n) is 11.5. The second-order valence-electron chi connectivity index (χ2n) is 6.09. The summed E-state index contributed by atoms with van der Waals surface area (Å²) < 4.78 is 6.01. The summed E-state index contributed by atoms with van der Waals surface area (Å²) in [6, 6.07) is 0. The highest BCUT2D eigenvalue weighted by molar-refractivity contribution is 8.03. The average Bonchev–Trinajstić information content (AvgIpc) is 2.25. The van der Waals surface area contributed by atoms with E-state index in [9.17, 15) is 4.79 Å². The van der Waals surface area contributed by atoms with E-state index in [1.807, 2.05) is 13.8 Å². The Kier molecular flexibility index (Phi) is 4.76. The average molecular weight is 268 g/mol. The molecule has 1 saturated carbocycles. The topological polar surface area (TPSA) is 26.3 Å². The van der Waals surface area contributed by atoms with E-state index in [1.165, 1.54) is 25.7 Å². The third-order valence-corrected chi connectivity index (χ3v) is 5.38. The summed E-state index contributed by atoms with van der Waals surface area (Å²) in [5.74, 6) is 0.154. The third-order valence-electron chi connectivity index (χ3n) is 4.08. The lowest BCUT2D eigenvalue weighted by molar-refractivity contribution is -0.130. The van der Waals surface area contributed by atoms with Crippen LogP contribution in [-0.2, 0) is 9.53 Å². The van der Waals surface area contributed by atoms with Gasteiger partial charge in [0.05, 0.1) is 6.10 Å². The number of carbonyl (C=O) groups excluding carboxylic acids is 1. The minimum atomic E-state index is -0.393. The van der Waals surface area contributed by atoms with Gasteiger partial charge in [0.1, 0.15) is 0 Å². The van der Waals surface area contributed by atoms with Crippen molar-refractivity contribution in [3.63, 3.8) is 0 Å². The Morgan fingerprint density at radius 3 is 2.50 bits per heavy atom. The number of rotatable bonds is 3. The molecule has 0 aromatic heterocycles. The van der Waals surface area contributed by atoms with Gasteiger partial charge in [-0.15, -0.1) is 11.8 Å². The normalized spacial score (nSPS) is 30.6. The largest absolute Gasteiger partial charge is 0.350 e. The van der Waals surface area contributed by atoms with Crippen LogP contribution in [0.1, 0.15) is 58.8 Å². The SMILES string of the molecule is [CH2]CC(C)(C)C(=O)[C]1OC2CCCC(CCC2)S1. The Labute approximate surface area is 115 Å². The predicted molar refractivity (Wildman–Crippen MR) is 76.0 cm³/mol. The molecule has 0 aromatic rings. The van der Waals surface area contributed by atoms with Crippen molar-refractivity contribution in [3.05, 3.63) is 12.4 Å². The molecule has 0 unspecified atom stereocenters. The first-order valence-corrected chi connectivity index (χ1v) is 7.95. The van der Waals surface area contributed by atoms with Crippen molar-refractivity contribution in [3.8, 4) is 0 Å². The molecule has 1 aliphatic carbocycles. The molecule has 2 heterocycles. The molecule has 18 heavy (non-hydrogen) atoms. The molecule has 3 rings (SSSR count). The minimum absolute atomic E-state index is 0.154. The fraction of sp³-hybridized carbons (Fsp3) is 0.800. The van der Waals surface area contributed by atoms with E-state index in [4.69, 9.17) is 4.74 Å². The second-order valence-corrected chi connectivity index (χ2v) is 7.37. The van der Waals surface area contributed by atoms with Crippen molar-refractivity contribution in [1.82, 2.24) is 0 Å². The molecule has 3 heteroatoms. The number of Topliss-reactive ketones (excluding diaryl/α,β-unsaturated/α-hetero) is 1. The van der Waals surface area contributed by atoms with Crippen molar-refractivity contribution >= 4 is 17.5 Å². The van der Waals surface area contributed by atoms with Crippen LogP contribution in [0.2, 0.25) is 0 Å². The molecule has 2 aliphatic heterocycles. The number of ketones is 1. The van der Waals surface area contributed by atoms with Crippen LogP contribution in [0.25, 0.3) is 0 Å². The maximum Gasteiger partial charge on any atom is 0.219 e. The number of carbonyl (C=O) groups is 1. The first-order chi connectivity index (χ1) is 8.53. The van der Waals surface area contributed by atoms with Gasteiger partial charge in [-0.2, -0.15) is 0 Å². The quantitative estimate of drug-likeness (QED) is 0.769. The molecule has 0 aromatic carbocycles. The molecule has 3 aliphatic rings. The monoisotopic (exact) mass is 268 g/mol. The van der Waals surface area contributed by atoms with Crippen LogP contribution in [-0.4, -0.2) is 17.1 Å². The van der Waals surface area contributed by atoms with Gasteiger partial charge in [0.15, 0.2) is 5.78 Å². The lowest BCUT2D eigenvalue weighted by Crippen LogP contribution is -2.34. The summed E-state index contributed by atoms with van der Waals surface area (Å²) >= 11 is 1.69. The molecule has 2 bridgehead atoms. The van der Waals surface area contributed by atoms with Gasteiger partial charge in [-0.05, 0) is 44.9 Å². The standard InChI is InChI=1S/C15H24O2S/c1-4-15(2,3)13(16)14-17-11-7-5-9-12(18-14)10-6-8-11/h11-12H,1,4-10H2,2-3H3. The van der Waals surface area contributed by atoms with Gasteiger partial charge >= 0.3 is 0 Å². The van der Waals surface area contributed by atoms with E-state index in [0.29, 0.717) is 17.1 Å². The van der Waals surface area contributed by atoms with E-state index >= 15 is 0 Å². The lowest BCUT2D eigenvalue weighted by atomic mass is 9.85. The summed E-state index contributed by atoms with van der Waals surface area (Å²) in [4.78, 5) is 12.5. The summed E-state index contributed by atoms with van der Waals surface area (Å²) in [6.45, 7) is 7.82. The Morgan fingerprint density at radius 1 is 1.33 bits per heavy atom.